The Bertz CT molecular complexity index is 1640. The molecule has 2 heterocycles. The first-order valence-electron chi connectivity index (χ1n) is 14.6. The molecule has 0 bridgehead atoms. The second-order valence-electron chi connectivity index (χ2n) is 10.7. The SMILES string of the molecule is COc1nc(-c2cccc(-c3cccc(-c4ccc(NC(=O)CCCN)cc4)c3Cl)c2Cl)ccc1CNC[C@@H]1CCC(=O)N1. The van der Waals surface area contributed by atoms with Gasteiger partial charge in [-0.05, 0) is 43.1 Å². The monoisotopic (exact) mass is 631 g/mol. The highest BCUT2D eigenvalue weighted by atomic mass is 35.5. The average Bonchev–Trinajstić information content (AvgIpc) is 3.45. The van der Waals surface area contributed by atoms with Crippen molar-refractivity contribution in [2.75, 3.05) is 25.5 Å². The molecule has 1 saturated heterocycles. The molecule has 3 aromatic carbocycles. The summed E-state index contributed by atoms with van der Waals surface area (Å²) in [6.45, 7) is 1.72. The number of anilines is 1. The lowest BCUT2D eigenvalue weighted by atomic mass is 9.96. The minimum Gasteiger partial charge on any atom is -0.481 e. The van der Waals surface area contributed by atoms with Gasteiger partial charge >= 0.3 is 0 Å². The van der Waals surface area contributed by atoms with Crippen molar-refractivity contribution in [2.45, 2.75) is 38.3 Å². The summed E-state index contributed by atoms with van der Waals surface area (Å²) in [5.74, 6) is 0.542. The number of carbonyl (C=O) groups is 2. The van der Waals surface area contributed by atoms with Crippen LogP contribution >= 0.6 is 23.2 Å². The van der Waals surface area contributed by atoms with E-state index in [0.29, 0.717) is 66.2 Å². The number of hydrogen-bond donors (Lipinski definition) is 4. The molecule has 5 rings (SSSR count). The summed E-state index contributed by atoms with van der Waals surface area (Å²) in [4.78, 5) is 28.3. The van der Waals surface area contributed by atoms with Crippen molar-refractivity contribution in [2.24, 2.45) is 5.73 Å². The summed E-state index contributed by atoms with van der Waals surface area (Å²) >= 11 is 14.0. The maximum Gasteiger partial charge on any atom is 0.224 e. The van der Waals surface area contributed by atoms with Gasteiger partial charge in [-0.25, -0.2) is 4.98 Å². The molecule has 0 unspecified atom stereocenters. The molecule has 1 aliphatic rings. The van der Waals surface area contributed by atoms with Crippen LogP contribution in [0.25, 0.3) is 33.5 Å². The Kier molecular flexibility index (Phi) is 10.5. The van der Waals surface area contributed by atoms with Gasteiger partial charge in [0.15, 0.2) is 0 Å². The van der Waals surface area contributed by atoms with Gasteiger partial charge in [-0.15, -0.1) is 0 Å². The lowest BCUT2D eigenvalue weighted by molar-refractivity contribution is -0.119. The van der Waals surface area contributed by atoms with Gasteiger partial charge in [0.1, 0.15) is 0 Å². The van der Waals surface area contributed by atoms with Crippen molar-refractivity contribution in [1.82, 2.24) is 15.6 Å². The minimum atomic E-state index is -0.0632. The molecule has 10 heteroatoms. The summed E-state index contributed by atoms with van der Waals surface area (Å²) < 4.78 is 5.62. The Labute approximate surface area is 267 Å². The third-order valence-corrected chi connectivity index (χ3v) is 8.39. The predicted molar refractivity (Wildman–Crippen MR) is 177 cm³/mol. The minimum absolute atomic E-state index is 0.0632. The van der Waals surface area contributed by atoms with E-state index in [2.05, 4.69) is 16.0 Å². The van der Waals surface area contributed by atoms with Gasteiger partial charge in [0, 0.05) is 65.5 Å². The van der Waals surface area contributed by atoms with Crippen LogP contribution in [0, 0.1) is 0 Å². The van der Waals surface area contributed by atoms with Crippen molar-refractivity contribution in [3.8, 4) is 39.4 Å². The Hall–Kier alpha value is -3.95. The van der Waals surface area contributed by atoms with E-state index < -0.39 is 0 Å². The molecule has 0 spiro atoms. The standard InChI is InChI=1S/C34H35Cl2N5O3/c1-44-34-22(19-38-20-24-15-17-31(43)40-24)12-16-29(41-34)28-8-3-7-27(33(28)36)26-6-2-5-25(32(26)35)21-10-13-23(14-11-21)39-30(42)9-4-18-37/h2-3,5-8,10-14,16,24,38H,4,9,15,17-20,37H2,1H3,(H,39,42)(H,40,43)/t24-/m0/s1. The number of ether oxygens (including phenoxy) is 1. The molecule has 228 valence electrons. The molecule has 1 fully saturated rings. The first-order chi connectivity index (χ1) is 21.4. The highest BCUT2D eigenvalue weighted by molar-refractivity contribution is 6.39. The largest absolute Gasteiger partial charge is 0.481 e. The highest BCUT2D eigenvalue weighted by Gasteiger charge is 2.21. The van der Waals surface area contributed by atoms with Crippen molar-refractivity contribution in [3.05, 3.63) is 88.4 Å². The number of methoxy groups -OCH3 is 1. The van der Waals surface area contributed by atoms with Crippen LogP contribution in [0.1, 0.15) is 31.2 Å². The van der Waals surface area contributed by atoms with E-state index in [1.165, 1.54) is 0 Å². The smallest absolute Gasteiger partial charge is 0.224 e. The van der Waals surface area contributed by atoms with Crippen LogP contribution in [0.5, 0.6) is 5.88 Å². The summed E-state index contributed by atoms with van der Waals surface area (Å²) in [5, 5.41) is 10.3. The fourth-order valence-electron chi connectivity index (χ4n) is 5.26. The summed E-state index contributed by atoms with van der Waals surface area (Å²) in [6.07, 6.45) is 2.44. The maximum atomic E-state index is 12.1. The fraction of sp³-hybridized carbons (Fsp3) is 0.265. The number of benzene rings is 3. The second kappa shape index (κ2) is 14.7. The van der Waals surface area contributed by atoms with Gasteiger partial charge in [-0.1, -0.05) is 77.8 Å². The Morgan fingerprint density at radius 2 is 1.66 bits per heavy atom. The number of nitrogens with one attached hydrogen (secondary N) is 3. The number of nitrogens with zero attached hydrogens (tertiary/aromatic N) is 1. The van der Waals surface area contributed by atoms with E-state index in [1.807, 2.05) is 72.8 Å². The summed E-state index contributed by atoms with van der Waals surface area (Å²) in [6, 6.07) is 23.3. The lowest BCUT2D eigenvalue weighted by Gasteiger charge is -2.16. The molecule has 0 saturated carbocycles. The predicted octanol–water partition coefficient (Wildman–Crippen LogP) is 6.44. The Morgan fingerprint density at radius 1 is 0.977 bits per heavy atom. The molecule has 0 radical (unpaired) electrons. The second-order valence-corrected chi connectivity index (χ2v) is 11.4. The third kappa shape index (κ3) is 7.39. The summed E-state index contributed by atoms with van der Waals surface area (Å²) in [7, 11) is 1.60. The van der Waals surface area contributed by atoms with Crippen LogP contribution in [0.4, 0.5) is 5.69 Å². The van der Waals surface area contributed by atoms with Crippen molar-refractivity contribution < 1.29 is 14.3 Å². The number of halogens is 2. The van der Waals surface area contributed by atoms with Gasteiger partial charge in [-0.3, -0.25) is 9.59 Å². The molecule has 5 N–H and O–H groups in total. The molecule has 1 aromatic heterocycles. The van der Waals surface area contributed by atoms with E-state index in [-0.39, 0.29) is 17.9 Å². The zero-order valence-electron chi connectivity index (χ0n) is 24.5. The number of carbonyl (C=O) groups excluding carboxylic acids is 2. The number of hydrogen-bond acceptors (Lipinski definition) is 6. The van der Waals surface area contributed by atoms with Gasteiger partial charge in [0.05, 0.1) is 22.8 Å². The number of aromatic nitrogens is 1. The Balaban J connectivity index is 1.36. The van der Waals surface area contributed by atoms with Crippen LogP contribution in [-0.2, 0) is 16.1 Å². The normalized spacial score (nSPS) is 14.4. The van der Waals surface area contributed by atoms with Gasteiger partial charge in [0.25, 0.3) is 0 Å². The van der Waals surface area contributed by atoms with Gasteiger partial charge in [-0.2, -0.15) is 0 Å². The highest BCUT2D eigenvalue weighted by Crippen LogP contribution is 2.42. The Morgan fingerprint density at radius 3 is 2.32 bits per heavy atom. The van der Waals surface area contributed by atoms with Gasteiger partial charge in [0.2, 0.25) is 17.7 Å². The molecule has 8 nitrogen and oxygen atoms in total. The van der Waals surface area contributed by atoms with Crippen LogP contribution in [0.2, 0.25) is 10.0 Å². The molecule has 0 aliphatic carbocycles. The summed E-state index contributed by atoms with van der Waals surface area (Å²) in [5.41, 5.74) is 11.9. The first kappa shape index (κ1) is 31.5. The lowest BCUT2D eigenvalue weighted by Crippen LogP contribution is -2.35. The molecule has 4 aromatic rings. The molecular weight excluding hydrogens is 597 g/mol. The van der Waals surface area contributed by atoms with Crippen LogP contribution < -0.4 is 26.4 Å². The zero-order valence-corrected chi connectivity index (χ0v) is 26.0. The quantitative estimate of drug-likeness (QED) is 0.143. The molecule has 2 amide bonds. The molecule has 1 atom stereocenters. The van der Waals surface area contributed by atoms with Crippen LogP contribution in [-0.4, -0.2) is 43.0 Å². The molecule has 1 aliphatic heterocycles. The van der Waals surface area contributed by atoms with Crippen LogP contribution in [0.3, 0.4) is 0 Å². The van der Waals surface area contributed by atoms with E-state index >= 15 is 0 Å². The topological polar surface area (TPSA) is 118 Å². The van der Waals surface area contributed by atoms with Crippen molar-refractivity contribution in [1.29, 1.82) is 0 Å². The average molecular weight is 633 g/mol. The molecular formula is C34H35Cl2N5O3. The number of amides is 2. The van der Waals surface area contributed by atoms with E-state index in [4.69, 9.17) is 38.7 Å². The van der Waals surface area contributed by atoms with Gasteiger partial charge < -0.3 is 26.4 Å². The number of rotatable bonds is 12. The van der Waals surface area contributed by atoms with E-state index in [1.54, 1.807) is 7.11 Å². The fourth-order valence-corrected chi connectivity index (χ4v) is 5.92. The van der Waals surface area contributed by atoms with Crippen molar-refractivity contribution >= 4 is 40.7 Å². The van der Waals surface area contributed by atoms with E-state index in [0.717, 1.165) is 39.8 Å². The first-order valence-corrected chi connectivity index (χ1v) is 15.4. The zero-order chi connectivity index (χ0) is 31.1. The van der Waals surface area contributed by atoms with Crippen molar-refractivity contribution in [3.63, 3.8) is 0 Å². The molecule has 44 heavy (non-hydrogen) atoms. The third-order valence-electron chi connectivity index (χ3n) is 7.57. The van der Waals surface area contributed by atoms with E-state index in [9.17, 15) is 9.59 Å². The number of pyridine rings is 1. The number of nitrogens with two attached hydrogens (primary N) is 1. The van der Waals surface area contributed by atoms with Crippen LogP contribution in [0.15, 0.2) is 72.8 Å². The maximum absolute atomic E-state index is 12.1.